The molecule has 0 aromatic heterocycles. The highest BCUT2D eigenvalue weighted by molar-refractivity contribution is 7.96. The minimum Gasteiger partial charge on any atom is -0.392 e. The summed E-state index contributed by atoms with van der Waals surface area (Å²) in [6, 6.07) is 9.39. The van der Waals surface area contributed by atoms with Crippen LogP contribution in [0, 0.1) is 17.8 Å². The fourth-order valence-corrected chi connectivity index (χ4v) is 5.00. The van der Waals surface area contributed by atoms with Crippen LogP contribution in [0.3, 0.4) is 0 Å². The number of hydrogen-bond donors (Lipinski definition) is 1. The third-order valence-electron chi connectivity index (χ3n) is 5.11. The van der Waals surface area contributed by atoms with Crippen molar-refractivity contribution < 1.29 is 9.32 Å². The normalized spacial score (nSPS) is 21.5. The average Bonchev–Trinajstić information content (AvgIpc) is 2.63. The molecule has 0 amide bonds. The standard InChI is InChI=1S/C20H31NO2S/c1-16(2)20(22)19(17-10-6-4-7-11-17)14-15-24(23,21-3)18-12-8-5-9-13-18/h5,8-9,12-17,19-20,22H,4,6-7,10-11H2,1-3H3/b15-14-/t19-,20-,24?/m0/s1. The molecular formula is C20H31NO2S. The third kappa shape index (κ3) is 4.70. The van der Waals surface area contributed by atoms with Gasteiger partial charge in [0, 0.05) is 18.4 Å². The van der Waals surface area contributed by atoms with Crippen molar-refractivity contribution in [1.82, 2.24) is 0 Å². The Morgan fingerprint density at radius 1 is 1.17 bits per heavy atom. The van der Waals surface area contributed by atoms with E-state index >= 15 is 0 Å². The van der Waals surface area contributed by atoms with Gasteiger partial charge in [-0.05, 0) is 36.8 Å². The molecule has 1 fully saturated rings. The van der Waals surface area contributed by atoms with Gasteiger partial charge in [-0.15, -0.1) is 0 Å². The number of hydrogen-bond acceptors (Lipinski definition) is 3. The van der Waals surface area contributed by atoms with Crippen LogP contribution in [0.15, 0.2) is 51.1 Å². The first-order chi connectivity index (χ1) is 11.5. The summed E-state index contributed by atoms with van der Waals surface area (Å²) in [4.78, 5) is 0.727. The lowest BCUT2D eigenvalue weighted by atomic mass is 9.75. The summed E-state index contributed by atoms with van der Waals surface area (Å²) in [5.41, 5.74) is 0. The molecule has 2 rings (SSSR count). The molecule has 1 aromatic rings. The summed E-state index contributed by atoms with van der Waals surface area (Å²) in [6.07, 6.45) is 7.63. The number of nitrogens with zero attached hydrogens (tertiary/aromatic N) is 1. The average molecular weight is 350 g/mol. The predicted octanol–water partition coefficient (Wildman–Crippen LogP) is 4.87. The van der Waals surface area contributed by atoms with Crippen molar-refractivity contribution >= 4 is 9.73 Å². The molecule has 0 radical (unpaired) electrons. The van der Waals surface area contributed by atoms with Gasteiger partial charge in [-0.2, -0.15) is 0 Å². The van der Waals surface area contributed by atoms with Gasteiger partial charge in [-0.3, -0.25) is 0 Å². The van der Waals surface area contributed by atoms with Crippen LogP contribution in [0.5, 0.6) is 0 Å². The van der Waals surface area contributed by atoms with E-state index in [-0.39, 0.29) is 11.8 Å². The maximum absolute atomic E-state index is 13.2. The minimum absolute atomic E-state index is 0.0524. The van der Waals surface area contributed by atoms with E-state index in [4.69, 9.17) is 0 Å². The molecule has 0 spiro atoms. The van der Waals surface area contributed by atoms with E-state index in [0.29, 0.717) is 5.92 Å². The molecule has 0 bridgehead atoms. The molecule has 1 aliphatic rings. The van der Waals surface area contributed by atoms with Gasteiger partial charge in [0.05, 0.1) is 20.7 Å². The van der Waals surface area contributed by atoms with Crippen molar-refractivity contribution in [1.29, 1.82) is 0 Å². The monoisotopic (exact) mass is 349 g/mol. The summed E-state index contributed by atoms with van der Waals surface area (Å²) < 4.78 is 17.4. The predicted molar refractivity (Wildman–Crippen MR) is 101 cm³/mol. The lowest BCUT2D eigenvalue weighted by Crippen LogP contribution is -2.32. The molecule has 4 heteroatoms. The minimum atomic E-state index is -2.57. The topological polar surface area (TPSA) is 49.7 Å². The van der Waals surface area contributed by atoms with Gasteiger partial charge < -0.3 is 5.11 Å². The Bertz CT molecular complexity index is 639. The molecule has 3 atom stereocenters. The van der Waals surface area contributed by atoms with Crippen LogP contribution >= 0.6 is 0 Å². The fraction of sp³-hybridized carbons (Fsp3) is 0.600. The van der Waals surface area contributed by atoms with Gasteiger partial charge in [0.2, 0.25) is 0 Å². The van der Waals surface area contributed by atoms with E-state index < -0.39 is 15.8 Å². The summed E-state index contributed by atoms with van der Waals surface area (Å²) in [6.45, 7) is 4.10. The summed E-state index contributed by atoms with van der Waals surface area (Å²) >= 11 is 0. The van der Waals surface area contributed by atoms with Crippen molar-refractivity contribution in [2.24, 2.45) is 22.1 Å². The number of rotatable bonds is 6. The van der Waals surface area contributed by atoms with E-state index in [0.717, 1.165) is 17.7 Å². The van der Waals surface area contributed by atoms with Crippen LogP contribution in [-0.4, -0.2) is 22.5 Å². The fourth-order valence-electron chi connectivity index (χ4n) is 3.57. The number of aliphatic hydroxyl groups excluding tert-OH is 1. The molecular weight excluding hydrogens is 318 g/mol. The summed E-state index contributed by atoms with van der Waals surface area (Å²) in [5, 5.41) is 12.4. The number of aliphatic hydroxyl groups is 1. The highest BCUT2D eigenvalue weighted by Crippen LogP contribution is 2.35. The second-order valence-corrected chi connectivity index (χ2v) is 9.35. The number of benzene rings is 1. The van der Waals surface area contributed by atoms with Crippen LogP contribution in [0.4, 0.5) is 0 Å². The lowest BCUT2D eigenvalue weighted by molar-refractivity contribution is 0.0483. The smallest absolute Gasteiger partial charge is 0.0963 e. The van der Waals surface area contributed by atoms with Crippen LogP contribution in [0.25, 0.3) is 0 Å². The Hall–Kier alpha value is -1.13. The molecule has 1 aromatic carbocycles. The van der Waals surface area contributed by atoms with Gasteiger partial charge >= 0.3 is 0 Å². The van der Waals surface area contributed by atoms with E-state index in [2.05, 4.69) is 4.36 Å². The van der Waals surface area contributed by atoms with Gasteiger partial charge in [0.1, 0.15) is 0 Å². The molecule has 134 valence electrons. The van der Waals surface area contributed by atoms with Gasteiger partial charge in [-0.25, -0.2) is 8.57 Å². The Morgan fingerprint density at radius 3 is 2.33 bits per heavy atom. The molecule has 1 N–H and O–H groups in total. The Morgan fingerprint density at radius 2 is 1.79 bits per heavy atom. The summed E-state index contributed by atoms with van der Waals surface area (Å²) in [5.74, 6) is 0.716. The van der Waals surface area contributed by atoms with Crippen molar-refractivity contribution in [2.75, 3.05) is 7.05 Å². The largest absolute Gasteiger partial charge is 0.392 e. The molecule has 1 aliphatic carbocycles. The van der Waals surface area contributed by atoms with Gasteiger partial charge in [-0.1, -0.05) is 57.4 Å². The van der Waals surface area contributed by atoms with Crippen LogP contribution in [0.2, 0.25) is 0 Å². The van der Waals surface area contributed by atoms with E-state index in [1.54, 1.807) is 12.5 Å². The molecule has 0 aliphatic heterocycles. The van der Waals surface area contributed by atoms with E-state index in [9.17, 15) is 9.32 Å². The third-order valence-corrected chi connectivity index (χ3v) is 7.13. The van der Waals surface area contributed by atoms with Crippen molar-refractivity contribution in [3.63, 3.8) is 0 Å². The van der Waals surface area contributed by atoms with E-state index in [1.165, 1.54) is 19.3 Å². The second kappa shape index (κ2) is 8.82. The van der Waals surface area contributed by atoms with Crippen LogP contribution in [0.1, 0.15) is 46.0 Å². The molecule has 0 heterocycles. The highest BCUT2D eigenvalue weighted by atomic mass is 32.2. The molecule has 0 saturated heterocycles. The molecule has 1 unspecified atom stereocenters. The first-order valence-corrected chi connectivity index (χ1v) is 10.6. The maximum atomic E-state index is 13.2. The van der Waals surface area contributed by atoms with Crippen LogP contribution < -0.4 is 0 Å². The van der Waals surface area contributed by atoms with Crippen molar-refractivity contribution in [3.05, 3.63) is 41.8 Å². The zero-order chi connectivity index (χ0) is 17.6. The Labute approximate surface area is 147 Å². The zero-order valence-corrected chi connectivity index (χ0v) is 15.9. The van der Waals surface area contributed by atoms with Crippen molar-refractivity contribution in [3.8, 4) is 0 Å². The first kappa shape index (κ1) is 19.2. The molecule has 3 nitrogen and oxygen atoms in total. The van der Waals surface area contributed by atoms with Crippen LogP contribution in [-0.2, 0) is 9.73 Å². The molecule has 24 heavy (non-hydrogen) atoms. The first-order valence-electron chi connectivity index (χ1n) is 9.04. The summed E-state index contributed by atoms with van der Waals surface area (Å²) in [7, 11) is -0.960. The van der Waals surface area contributed by atoms with E-state index in [1.807, 2.05) is 50.3 Å². The Kier molecular flexibility index (Phi) is 7.05. The van der Waals surface area contributed by atoms with Crippen molar-refractivity contribution in [2.45, 2.75) is 57.0 Å². The van der Waals surface area contributed by atoms with Gasteiger partial charge in [0.15, 0.2) is 0 Å². The Balaban J connectivity index is 2.30. The molecule has 1 saturated carbocycles. The lowest BCUT2D eigenvalue weighted by Gasteiger charge is -2.33. The highest BCUT2D eigenvalue weighted by Gasteiger charge is 2.29. The second-order valence-electron chi connectivity index (χ2n) is 7.10. The zero-order valence-electron chi connectivity index (χ0n) is 15.1. The maximum Gasteiger partial charge on any atom is 0.0963 e. The SMILES string of the molecule is CN=S(=O)(/C=C\[C@@H](C1CCCCC1)[C@@H](O)C(C)C)c1ccccc1. The quantitative estimate of drug-likeness (QED) is 0.796. The van der Waals surface area contributed by atoms with Gasteiger partial charge in [0.25, 0.3) is 0 Å².